The Labute approximate surface area is 166 Å². The fourth-order valence-corrected chi connectivity index (χ4v) is 3.88. The Hall–Kier alpha value is -2.57. The van der Waals surface area contributed by atoms with E-state index in [1.807, 2.05) is 0 Å². The van der Waals surface area contributed by atoms with Crippen molar-refractivity contribution in [2.45, 2.75) is 20.3 Å². The first-order valence-electron chi connectivity index (χ1n) is 9.89. The molecule has 1 atom stereocenters. The maximum absolute atomic E-state index is 12.8. The number of hydrogen-bond donors (Lipinski definition) is 0. The molecule has 28 heavy (non-hydrogen) atoms. The predicted molar refractivity (Wildman–Crippen MR) is 105 cm³/mol. The lowest BCUT2D eigenvalue weighted by Crippen LogP contribution is -2.52. The van der Waals surface area contributed by atoms with Gasteiger partial charge in [0.25, 0.3) is 5.91 Å². The van der Waals surface area contributed by atoms with E-state index in [1.54, 1.807) is 46.1 Å². The van der Waals surface area contributed by atoms with Crippen LogP contribution in [-0.4, -0.2) is 78.8 Å². The van der Waals surface area contributed by atoms with Gasteiger partial charge in [0.1, 0.15) is 5.75 Å². The highest BCUT2D eigenvalue weighted by atomic mass is 16.5. The molecule has 0 radical (unpaired) electrons. The van der Waals surface area contributed by atoms with E-state index in [2.05, 4.69) is 13.8 Å². The van der Waals surface area contributed by atoms with Crippen molar-refractivity contribution < 1.29 is 19.1 Å². The first kappa shape index (κ1) is 20.2. The Morgan fingerprint density at radius 1 is 1.14 bits per heavy atom. The summed E-state index contributed by atoms with van der Waals surface area (Å²) in [6.45, 7) is 7.36. The zero-order valence-electron chi connectivity index (χ0n) is 16.9. The third kappa shape index (κ3) is 4.46. The van der Waals surface area contributed by atoms with Gasteiger partial charge in [0.15, 0.2) is 0 Å². The van der Waals surface area contributed by atoms with E-state index in [0.29, 0.717) is 62.9 Å². The van der Waals surface area contributed by atoms with Crippen molar-refractivity contribution in [3.05, 3.63) is 29.8 Å². The first-order valence-corrected chi connectivity index (χ1v) is 9.89. The van der Waals surface area contributed by atoms with Crippen molar-refractivity contribution in [1.82, 2.24) is 14.7 Å². The van der Waals surface area contributed by atoms with Crippen LogP contribution in [0.2, 0.25) is 0 Å². The maximum Gasteiger partial charge on any atom is 0.254 e. The van der Waals surface area contributed by atoms with Crippen molar-refractivity contribution in [2.24, 2.45) is 11.8 Å². The molecule has 3 rings (SSSR count). The van der Waals surface area contributed by atoms with Crippen LogP contribution >= 0.6 is 0 Å². The molecule has 3 amide bonds. The number of ether oxygens (including phenoxy) is 1. The van der Waals surface area contributed by atoms with Gasteiger partial charge in [-0.2, -0.15) is 0 Å². The number of piperazine rings is 1. The second-order valence-corrected chi connectivity index (χ2v) is 7.94. The molecular formula is C21H29N3O4. The van der Waals surface area contributed by atoms with Gasteiger partial charge in [0, 0.05) is 51.3 Å². The second kappa shape index (κ2) is 8.63. The van der Waals surface area contributed by atoms with Crippen LogP contribution < -0.4 is 4.74 Å². The van der Waals surface area contributed by atoms with Gasteiger partial charge in [-0.25, -0.2) is 0 Å². The monoisotopic (exact) mass is 387 g/mol. The highest BCUT2D eigenvalue weighted by Gasteiger charge is 2.37. The third-order valence-electron chi connectivity index (χ3n) is 5.34. The number of amides is 3. The summed E-state index contributed by atoms with van der Waals surface area (Å²) < 4.78 is 5.18. The van der Waals surface area contributed by atoms with Gasteiger partial charge in [-0.1, -0.05) is 19.9 Å². The number of hydrogen-bond acceptors (Lipinski definition) is 4. The number of carbonyl (C=O) groups excluding carboxylic acids is 3. The lowest BCUT2D eigenvalue weighted by atomic mass is 10.1. The molecule has 2 aliphatic rings. The van der Waals surface area contributed by atoms with Gasteiger partial charge in [-0.05, 0) is 24.1 Å². The van der Waals surface area contributed by atoms with Crippen molar-refractivity contribution >= 4 is 17.7 Å². The Morgan fingerprint density at radius 2 is 1.82 bits per heavy atom. The standard InChI is InChI=1S/C21H29N3O4/c1-15(2)13-24-14-17(12-19(24)25)21(27)23-9-7-22(8-10-23)20(26)16-5-4-6-18(11-16)28-3/h4-6,11,15,17H,7-10,12-14H2,1-3H3/t17-/m0/s1. The lowest BCUT2D eigenvalue weighted by Gasteiger charge is -2.36. The van der Waals surface area contributed by atoms with Gasteiger partial charge in [0.05, 0.1) is 13.0 Å². The molecule has 2 heterocycles. The van der Waals surface area contributed by atoms with Crippen LogP contribution in [0.4, 0.5) is 0 Å². The van der Waals surface area contributed by atoms with Gasteiger partial charge in [-0.15, -0.1) is 0 Å². The van der Waals surface area contributed by atoms with E-state index in [1.165, 1.54) is 0 Å². The Bertz CT molecular complexity index is 741. The van der Waals surface area contributed by atoms with Crippen LogP contribution in [-0.2, 0) is 9.59 Å². The van der Waals surface area contributed by atoms with Crippen molar-refractivity contribution in [1.29, 1.82) is 0 Å². The zero-order valence-corrected chi connectivity index (χ0v) is 16.9. The van der Waals surface area contributed by atoms with Crippen LogP contribution in [0.5, 0.6) is 5.75 Å². The third-order valence-corrected chi connectivity index (χ3v) is 5.34. The molecule has 1 aromatic rings. The smallest absolute Gasteiger partial charge is 0.254 e. The Morgan fingerprint density at radius 3 is 2.46 bits per heavy atom. The maximum atomic E-state index is 12.8. The molecule has 0 saturated carbocycles. The van der Waals surface area contributed by atoms with E-state index < -0.39 is 0 Å². The SMILES string of the molecule is COc1cccc(C(=O)N2CCN(C(=O)[C@H]3CC(=O)N(CC(C)C)C3)CC2)c1. The van der Waals surface area contributed by atoms with Gasteiger partial charge in [0.2, 0.25) is 11.8 Å². The molecule has 2 fully saturated rings. The number of likely N-dealkylation sites (tertiary alicyclic amines) is 1. The molecule has 0 aliphatic carbocycles. The highest BCUT2D eigenvalue weighted by molar-refractivity contribution is 5.95. The Kier molecular flexibility index (Phi) is 6.21. The largest absolute Gasteiger partial charge is 0.497 e. The quantitative estimate of drug-likeness (QED) is 0.767. The summed E-state index contributed by atoms with van der Waals surface area (Å²) in [4.78, 5) is 43.1. The molecule has 2 aliphatic heterocycles. The molecule has 7 nitrogen and oxygen atoms in total. The van der Waals surface area contributed by atoms with Crippen LogP contribution in [0.3, 0.4) is 0 Å². The summed E-state index contributed by atoms with van der Waals surface area (Å²) in [5, 5.41) is 0. The summed E-state index contributed by atoms with van der Waals surface area (Å²) >= 11 is 0. The minimum absolute atomic E-state index is 0.0353. The molecule has 0 unspecified atom stereocenters. The van der Waals surface area contributed by atoms with Crippen molar-refractivity contribution in [2.75, 3.05) is 46.4 Å². The number of carbonyl (C=O) groups is 3. The van der Waals surface area contributed by atoms with E-state index in [0.717, 1.165) is 0 Å². The first-order chi connectivity index (χ1) is 13.4. The molecule has 7 heteroatoms. The Balaban J connectivity index is 1.54. The lowest BCUT2D eigenvalue weighted by molar-refractivity contribution is -0.137. The normalized spacial score (nSPS) is 20.1. The van der Waals surface area contributed by atoms with Gasteiger partial charge >= 0.3 is 0 Å². The van der Waals surface area contributed by atoms with Crippen LogP contribution in [0.25, 0.3) is 0 Å². The fraction of sp³-hybridized carbons (Fsp3) is 0.571. The number of nitrogens with zero attached hydrogens (tertiary/aromatic N) is 3. The highest BCUT2D eigenvalue weighted by Crippen LogP contribution is 2.22. The minimum Gasteiger partial charge on any atom is -0.497 e. The predicted octanol–water partition coefficient (Wildman–Crippen LogP) is 1.48. The summed E-state index contributed by atoms with van der Waals surface area (Å²) in [5.74, 6) is 0.837. The van der Waals surface area contributed by atoms with Crippen LogP contribution in [0.15, 0.2) is 24.3 Å². The number of benzene rings is 1. The summed E-state index contributed by atoms with van der Waals surface area (Å²) in [6, 6.07) is 7.11. The van der Waals surface area contributed by atoms with Crippen LogP contribution in [0.1, 0.15) is 30.6 Å². The second-order valence-electron chi connectivity index (χ2n) is 7.94. The molecule has 0 spiro atoms. The summed E-state index contributed by atoms with van der Waals surface area (Å²) in [6.07, 6.45) is 0.300. The average Bonchev–Trinajstić information content (AvgIpc) is 3.06. The number of methoxy groups -OCH3 is 1. The van der Waals surface area contributed by atoms with Gasteiger partial charge < -0.3 is 19.4 Å². The van der Waals surface area contributed by atoms with E-state index >= 15 is 0 Å². The van der Waals surface area contributed by atoms with Crippen molar-refractivity contribution in [3.8, 4) is 5.75 Å². The van der Waals surface area contributed by atoms with E-state index in [9.17, 15) is 14.4 Å². The van der Waals surface area contributed by atoms with E-state index in [-0.39, 0.29) is 23.6 Å². The van der Waals surface area contributed by atoms with Crippen molar-refractivity contribution in [3.63, 3.8) is 0 Å². The topological polar surface area (TPSA) is 70.2 Å². The molecule has 1 aromatic carbocycles. The molecule has 0 N–H and O–H groups in total. The summed E-state index contributed by atoms with van der Waals surface area (Å²) in [5.41, 5.74) is 0.588. The molecule has 0 aromatic heterocycles. The molecular weight excluding hydrogens is 358 g/mol. The molecule has 152 valence electrons. The van der Waals surface area contributed by atoms with E-state index in [4.69, 9.17) is 4.74 Å². The average molecular weight is 387 g/mol. The minimum atomic E-state index is -0.258. The fourth-order valence-electron chi connectivity index (χ4n) is 3.88. The molecule has 2 saturated heterocycles. The number of rotatable bonds is 5. The summed E-state index contributed by atoms with van der Waals surface area (Å²) in [7, 11) is 1.57. The molecule has 0 bridgehead atoms. The zero-order chi connectivity index (χ0) is 20.3. The van der Waals surface area contributed by atoms with Gasteiger partial charge in [-0.3, -0.25) is 14.4 Å². The van der Waals surface area contributed by atoms with Crippen LogP contribution in [0, 0.1) is 11.8 Å².